The van der Waals surface area contributed by atoms with Crippen molar-refractivity contribution in [3.05, 3.63) is 42.7 Å². The molecule has 2 aromatic rings. The summed E-state index contributed by atoms with van der Waals surface area (Å²) in [5, 5.41) is 8.54. The molecule has 0 amide bonds. The maximum atomic E-state index is 10.4. The molecule has 1 N–H and O–H groups in total. The number of aliphatic carboxylic acids is 1. The Hall–Kier alpha value is -1.68. The van der Waals surface area contributed by atoms with E-state index in [0.717, 1.165) is 16.2 Å². The van der Waals surface area contributed by atoms with Crippen LogP contribution in [-0.4, -0.2) is 16.8 Å². The molecule has 1 aromatic heterocycles. The summed E-state index contributed by atoms with van der Waals surface area (Å²) in [6.07, 6.45) is 1.63. The Morgan fingerprint density at radius 3 is 2.56 bits per heavy atom. The average Bonchev–Trinajstić information content (AvgIpc) is 2.80. The summed E-state index contributed by atoms with van der Waals surface area (Å²) < 4.78 is 5.26. The molecule has 16 heavy (non-hydrogen) atoms. The van der Waals surface area contributed by atoms with Crippen LogP contribution in [0.5, 0.6) is 0 Å². The summed E-state index contributed by atoms with van der Waals surface area (Å²) in [4.78, 5) is 11.3. The third-order valence-electron chi connectivity index (χ3n) is 2.02. The van der Waals surface area contributed by atoms with Crippen LogP contribution in [0.4, 0.5) is 0 Å². The lowest BCUT2D eigenvalue weighted by molar-refractivity contribution is -0.133. The number of carboxylic acids is 1. The lowest BCUT2D eigenvalue weighted by atomic mass is 10.2. The molecule has 0 aliphatic rings. The first-order chi connectivity index (χ1) is 7.75. The first-order valence-electron chi connectivity index (χ1n) is 4.74. The van der Waals surface area contributed by atoms with Crippen LogP contribution >= 0.6 is 11.8 Å². The molecular formula is C12H10O3S. The highest BCUT2D eigenvalue weighted by molar-refractivity contribution is 8.00. The Balaban J connectivity index is 2.08. The van der Waals surface area contributed by atoms with E-state index >= 15 is 0 Å². The van der Waals surface area contributed by atoms with E-state index in [-0.39, 0.29) is 5.75 Å². The number of benzene rings is 1. The summed E-state index contributed by atoms with van der Waals surface area (Å²) in [5.41, 5.74) is 0.990. The Morgan fingerprint density at radius 2 is 2.00 bits per heavy atom. The Labute approximate surface area is 97.1 Å². The third-order valence-corrected chi connectivity index (χ3v) is 3.02. The van der Waals surface area contributed by atoms with Gasteiger partial charge in [0.2, 0.25) is 0 Å². The second-order valence-electron chi connectivity index (χ2n) is 3.18. The Kier molecular flexibility index (Phi) is 3.31. The normalized spacial score (nSPS) is 10.2. The van der Waals surface area contributed by atoms with Crippen molar-refractivity contribution in [1.82, 2.24) is 0 Å². The molecule has 0 unspecified atom stereocenters. The van der Waals surface area contributed by atoms with Crippen molar-refractivity contribution in [1.29, 1.82) is 0 Å². The topological polar surface area (TPSA) is 50.4 Å². The molecule has 2 rings (SSSR count). The van der Waals surface area contributed by atoms with Crippen LogP contribution in [0.3, 0.4) is 0 Å². The van der Waals surface area contributed by atoms with E-state index in [2.05, 4.69) is 0 Å². The molecule has 1 heterocycles. The van der Waals surface area contributed by atoms with Gasteiger partial charge in [0.25, 0.3) is 0 Å². The fourth-order valence-electron chi connectivity index (χ4n) is 1.30. The second kappa shape index (κ2) is 4.90. The number of rotatable bonds is 4. The van der Waals surface area contributed by atoms with Gasteiger partial charge in [0.05, 0.1) is 12.0 Å². The molecule has 0 radical (unpaired) electrons. The van der Waals surface area contributed by atoms with Crippen LogP contribution < -0.4 is 0 Å². The number of hydrogen-bond donors (Lipinski definition) is 1. The molecule has 0 aliphatic carbocycles. The monoisotopic (exact) mass is 234 g/mol. The molecule has 0 spiro atoms. The van der Waals surface area contributed by atoms with Crippen molar-refractivity contribution in [3.8, 4) is 11.3 Å². The van der Waals surface area contributed by atoms with E-state index in [4.69, 9.17) is 9.52 Å². The first-order valence-corrected chi connectivity index (χ1v) is 5.73. The highest BCUT2D eigenvalue weighted by Crippen LogP contribution is 2.24. The molecule has 0 saturated heterocycles. The van der Waals surface area contributed by atoms with Crippen LogP contribution in [0.1, 0.15) is 0 Å². The lowest BCUT2D eigenvalue weighted by Gasteiger charge is -2.00. The van der Waals surface area contributed by atoms with Gasteiger partial charge in [0, 0.05) is 10.5 Å². The molecule has 0 fully saturated rings. The fraction of sp³-hybridized carbons (Fsp3) is 0.0833. The standard InChI is InChI=1S/C12H10O3S/c13-12(14)8-16-10-5-3-9(4-6-10)11-2-1-7-15-11/h1-7H,8H2,(H,13,14). The van der Waals surface area contributed by atoms with Crippen LogP contribution in [0, 0.1) is 0 Å². The minimum absolute atomic E-state index is 0.0834. The molecule has 4 heteroatoms. The predicted octanol–water partition coefficient (Wildman–Crippen LogP) is 3.12. The van der Waals surface area contributed by atoms with Crippen molar-refractivity contribution in [2.45, 2.75) is 4.90 Å². The van der Waals surface area contributed by atoms with Crippen molar-refractivity contribution in [3.63, 3.8) is 0 Å². The second-order valence-corrected chi connectivity index (χ2v) is 4.23. The SMILES string of the molecule is O=C(O)CSc1ccc(-c2ccco2)cc1. The van der Waals surface area contributed by atoms with E-state index < -0.39 is 5.97 Å². The first kappa shape index (κ1) is 10.8. The maximum Gasteiger partial charge on any atom is 0.313 e. The summed E-state index contributed by atoms with van der Waals surface area (Å²) in [7, 11) is 0. The van der Waals surface area contributed by atoms with Gasteiger partial charge >= 0.3 is 5.97 Å². The Bertz CT molecular complexity index is 460. The Morgan fingerprint density at radius 1 is 1.25 bits per heavy atom. The van der Waals surface area contributed by atoms with Crippen LogP contribution in [0.2, 0.25) is 0 Å². The molecule has 0 bridgehead atoms. The molecule has 0 aliphatic heterocycles. The van der Waals surface area contributed by atoms with Gasteiger partial charge in [0.15, 0.2) is 0 Å². The van der Waals surface area contributed by atoms with Crippen molar-refractivity contribution in [2.75, 3.05) is 5.75 Å². The van der Waals surface area contributed by atoms with Crippen molar-refractivity contribution >= 4 is 17.7 Å². The van der Waals surface area contributed by atoms with E-state index in [1.807, 2.05) is 36.4 Å². The fourth-order valence-corrected chi connectivity index (χ4v) is 1.92. The van der Waals surface area contributed by atoms with E-state index in [1.165, 1.54) is 11.8 Å². The zero-order valence-electron chi connectivity index (χ0n) is 8.42. The van der Waals surface area contributed by atoms with E-state index in [9.17, 15) is 4.79 Å². The van der Waals surface area contributed by atoms with Gasteiger partial charge in [-0.25, -0.2) is 0 Å². The van der Waals surface area contributed by atoms with E-state index in [0.29, 0.717) is 0 Å². The van der Waals surface area contributed by atoms with Gasteiger partial charge in [-0.15, -0.1) is 11.8 Å². The van der Waals surface area contributed by atoms with Gasteiger partial charge in [-0.3, -0.25) is 4.79 Å². The van der Waals surface area contributed by atoms with E-state index in [1.54, 1.807) is 6.26 Å². The molecule has 0 atom stereocenters. The number of hydrogen-bond acceptors (Lipinski definition) is 3. The highest BCUT2D eigenvalue weighted by Gasteiger charge is 2.02. The van der Waals surface area contributed by atoms with Crippen molar-refractivity contribution < 1.29 is 14.3 Å². The largest absolute Gasteiger partial charge is 0.481 e. The van der Waals surface area contributed by atoms with Crippen LogP contribution in [0.25, 0.3) is 11.3 Å². The zero-order chi connectivity index (χ0) is 11.4. The number of thioether (sulfide) groups is 1. The van der Waals surface area contributed by atoms with Crippen LogP contribution in [0.15, 0.2) is 52.0 Å². The van der Waals surface area contributed by atoms with Gasteiger partial charge in [-0.05, 0) is 24.3 Å². The summed E-state index contributed by atoms with van der Waals surface area (Å²) >= 11 is 1.30. The zero-order valence-corrected chi connectivity index (χ0v) is 9.24. The minimum Gasteiger partial charge on any atom is -0.481 e. The molecule has 82 valence electrons. The lowest BCUT2D eigenvalue weighted by Crippen LogP contribution is -1.97. The molecular weight excluding hydrogens is 224 g/mol. The molecule has 3 nitrogen and oxygen atoms in total. The van der Waals surface area contributed by atoms with Gasteiger partial charge in [-0.2, -0.15) is 0 Å². The minimum atomic E-state index is -0.805. The highest BCUT2D eigenvalue weighted by atomic mass is 32.2. The summed E-state index contributed by atoms with van der Waals surface area (Å²) in [6, 6.07) is 11.4. The van der Waals surface area contributed by atoms with Gasteiger partial charge in [0.1, 0.15) is 5.76 Å². The molecule has 1 aromatic carbocycles. The third kappa shape index (κ3) is 2.67. The number of furan rings is 1. The quantitative estimate of drug-likeness (QED) is 0.826. The average molecular weight is 234 g/mol. The van der Waals surface area contributed by atoms with Gasteiger partial charge in [-0.1, -0.05) is 12.1 Å². The molecule has 0 saturated carbocycles. The smallest absolute Gasteiger partial charge is 0.313 e. The number of carbonyl (C=O) groups is 1. The van der Waals surface area contributed by atoms with Crippen LogP contribution in [-0.2, 0) is 4.79 Å². The van der Waals surface area contributed by atoms with Gasteiger partial charge < -0.3 is 9.52 Å². The summed E-state index contributed by atoms with van der Waals surface area (Å²) in [6.45, 7) is 0. The number of carboxylic acid groups (broad SMARTS) is 1. The van der Waals surface area contributed by atoms with Crippen molar-refractivity contribution in [2.24, 2.45) is 0 Å². The maximum absolute atomic E-state index is 10.4. The summed E-state index contributed by atoms with van der Waals surface area (Å²) in [5.74, 6) is 0.0926. The predicted molar refractivity (Wildman–Crippen MR) is 62.5 cm³/mol.